The Morgan fingerprint density at radius 1 is 1.29 bits per heavy atom. The second-order valence-corrected chi connectivity index (χ2v) is 7.42. The summed E-state index contributed by atoms with van der Waals surface area (Å²) >= 11 is 5.97. The summed E-state index contributed by atoms with van der Waals surface area (Å²) in [4.78, 5) is 25.5. The number of imidazole rings is 1. The molecule has 1 aromatic carbocycles. The van der Waals surface area contributed by atoms with Crippen LogP contribution in [0.3, 0.4) is 0 Å². The standard InChI is InChI=1S/C20H20ClN5O2/c1-13-10-26(12-24-13)17-19(28-2)25-16(9-22-17)18(27)23-11-20(7-8-20)14-3-5-15(21)6-4-14/h3-6,9-10,12H,7-8,11H2,1-2H3,(H,23,27). The van der Waals surface area contributed by atoms with Crippen LogP contribution >= 0.6 is 11.6 Å². The van der Waals surface area contributed by atoms with Gasteiger partial charge >= 0.3 is 0 Å². The number of hydrogen-bond donors (Lipinski definition) is 1. The summed E-state index contributed by atoms with van der Waals surface area (Å²) in [5, 5.41) is 3.69. The minimum absolute atomic E-state index is 0.0218. The lowest BCUT2D eigenvalue weighted by Gasteiger charge is -2.17. The molecule has 1 amide bonds. The summed E-state index contributed by atoms with van der Waals surface area (Å²) in [6.07, 6.45) is 6.95. The molecule has 0 saturated heterocycles. The van der Waals surface area contributed by atoms with Crippen LogP contribution in [0.4, 0.5) is 0 Å². The van der Waals surface area contributed by atoms with Gasteiger partial charge in [0.15, 0.2) is 5.69 Å². The number of rotatable bonds is 6. The molecule has 28 heavy (non-hydrogen) atoms. The average Bonchev–Trinajstić information content (AvgIpc) is 3.39. The van der Waals surface area contributed by atoms with Crippen molar-refractivity contribution in [3.63, 3.8) is 0 Å². The summed E-state index contributed by atoms with van der Waals surface area (Å²) in [6.45, 7) is 2.42. The van der Waals surface area contributed by atoms with Gasteiger partial charge < -0.3 is 10.1 Å². The number of carbonyl (C=O) groups excluding carboxylic acids is 1. The van der Waals surface area contributed by atoms with Crippen LogP contribution in [0.2, 0.25) is 5.02 Å². The SMILES string of the molecule is COc1nc(C(=O)NCC2(c3ccc(Cl)cc3)CC2)cnc1-n1cnc(C)c1. The van der Waals surface area contributed by atoms with Gasteiger partial charge in [-0.1, -0.05) is 23.7 Å². The molecule has 1 aliphatic rings. The molecule has 0 unspecified atom stereocenters. The number of halogens is 1. The lowest BCUT2D eigenvalue weighted by Crippen LogP contribution is -2.33. The van der Waals surface area contributed by atoms with Crippen molar-refractivity contribution < 1.29 is 9.53 Å². The van der Waals surface area contributed by atoms with Crippen LogP contribution in [-0.4, -0.2) is 39.1 Å². The largest absolute Gasteiger partial charge is 0.478 e. The molecule has 0 spiro atoms. The van der Waals surface area contributed by atoms with Gasteiger partial charge in [-0.25, -0.2) is 15.0 Å². The van der Waals surface area contributed by atoms with E-state index < -0.39 is 0 Å². The van der Waals surface area contributed by atoms with Gasteiger partial charge in [0.2, 0.25) is 5.82 Å². The summed E-state index contributed by atoms with van der Waals surface area (Å²) in [6, 6.07) is 7.80. The first-order valence-corrected chi connectivity index (χ1v) is 9.35. The predicted octanol–water partition coefficient (Wildman–Crippen LogP) is 3.09. The second-order valence-electron chi connectivity index (χ2n) is 6.98. The van der Waals surface area contributed by atoms with E-state index in [2.05, 4.69) is 20.3 Å². The molecular formula is C20H20ClN5O2. The monoisotopic (exact) mass is 397 g/mol. The number of ether oxygens (including phenoxy) is 1. The van der Waals surface area contributed by atoms with Gasteiger partial charge in [0.05, 0.1) is 19.0 Å². The molecule has 1 fully saturated rings. The number of aromatic nitrogens is 4. The van der Waals surface area contributed by atoms with E-state index in [1.54, 1.807) is 10.9 Å². The smallest absolute Gasteiger partial charge is 0.271 e. The van der Waals surface area contributed by atoms with Gasteiger partial charge in [-0.2, -0.15) is 0 Å². The highest BCUT2D eigenvalue weighted by Crippen LogP contribution is 2.47. The van der Waals surface area contributed by atoms with Crippen molar-refractivity contribution in [2.24, 2.45) is 0 Å². The molecule has 2 heterocycles. The van der Waals surface area contributed by atoms with E-state index in [9.17, 15) is 4.79 Å². The lowest BCUT2D eigenvalue weighted by atomic mass is 9.96. The van der Waals surface area contributed by atoms with E-state index in [0.29, 0.717) is 17.4 Å². The van der Waals surface area contributed by atoms with Crippen LogP contribution in [0, 0.1) is 6.92 Å². The molecule has 0 atom stereocenters. The molecule has 1 saturated carbocycles. The van der Waals surface area contributed by atoms with Crippen LogP contribution in [0.25, 0.3) is 5.82 Å². The Kier molecular flexibility index (Phi) is 4.77. The van der Waals surface area contributed by atoms with Crippen molar-refractivity contribution in [3.8, 4) is 11.7 Å². The van der Waals surface area contributed by atoms with E-state index in [1.807, 2.05) is 37.4 Å². The highest BCUT2D eigenvalue weighted by atomic mass is 35.5. The Morgan fingerprint density at radius 2 is 2.04 bits per heavy atom. The third-order valence-electron chi connectivity index (χ3n) is 5.00. The molecule has 8 heteroatoms. The Balaban J connectivity index is 1.48. The highest BCUT2D eigenvalue weighted by molar-refractivity contribution is 6.30. The van der Waals surface area contributed by atoms with Crippen LogP contribution in [-0.2, 0) is 5.41 Å². The number of nitrogens with zero attached hydrogens (tertiary/aromatic N) is 4. The Bertz CT molecular complexity index is 1010. The second kappa shape index (κ2) is 7.24. The van der Waals surface area contributed by atoms with Gasteiger partial charge in [0.1, 0.15) is 6.33 Å². The third-order valence-corrected chi connectivity index (χ3v) is 5.25. The van der Waals surface area contributed by atoms with Crippen molar-refractivity contribution >= 4 is 17.5 Å². The van der Waals surface area contributed by atoms with Gasteiger partial charge in [0, 0.05) is 23.2 Å². The Morgan fingerprint density at radius 3 is 2.64 bits per heavy atom. The minimum Gasteiger partial charge on any atom is -0.478 e. The molecule has 2 aromatic heterocycles. The first-order valence-electron chi connectivity index (χ1n) is 8.97. The van der Waals surface area contributed by atoms with Crippen molar-refractivity contribution in [1.29, 1.82) is 0 Å². The average molecular weight is 398 g/mol. The Labute approximate surface area is 167 Å². The summed E-state index contributed by atoms with van der Waals surface area (Å²) in [5.41, 5.74) is 2.23. The zero-order valence-corrected chi connectivity index (χ0v) is 16.4. The number of benzene rings is 1. The first-order chi connectivity index (χ1) is 13.5. The van der Waals surface area contributed by atoms with E-state index in [1.165, 1.54) is 18.9 Å². The molecule has 0 radical (unpaired) electrons. The zero-order chi connectivity index (χ0) is 19.7. The van der Waals surface area contributed by atoms with Crippen LogP contribution < -0.4 is 10.1 Å². The Hall–Kier alpha value is -2.93. The maximum absolute atomic E-state index is 12.6. The van der Waals surface area contributed by atoms with Gasteiger partial charge in [-0.15, -0.1) is 0 Å². The van der Waals surface area contributed by atoms with E-state index in [0.717, 1.165) is 18.5 Å². The van der Waals surface area contributed by atoms with Gasteiger partial charge in [-0.05, 0) is 37.5 Å². The quantitative estimate of drug-likeness (QED) is 0.691. The fourth-order valence-corrected chi connectivity index (χ4v) is 3.31. The molecule has 3 aromatic rings. The fraction of sp³-hybridized carbons (Fsp3) is 0.300. The minimum atomic E-state index is -0.278. The van der Waals surface area contributed by atoms with Crippen molar-refractivity contribution in [1.82, 2.24) is 24.8 Å². The first kappa shape index (κ1) is 18.4. The highest BCUT2D eigenvalue weighted by Gasteiger charge is 2.44. The number of carbonyl (C=O) groups is 1. The number of nitrogens with one attached hydrogen (secondary N) is 1. The van der Waals surface area contributed by atoms with Crippen LogP contribution in [0.5, 0.6) is 5.88 Å². The summed E-state index contributed by atoms with van der Waals surface area (Å²) in [5.74, 6) is 0.475. The molecule has 0 bridgehead atoms. The maximum atomic E-state index is 12.6. The van der Waals surface area contributed by atoms with Crippen molar-refractivity contribution in [2.45, 2.75) is 25.2 Å². The topological polar surface area (TPSA) is 81.9 Å². The number of hydrogen-bond acceptors (Lipinski definition) is 5. The molecule has 1 N–H and O–H groups in total. The fourth-order valence-electron chi connectivity index (χ4n) is 3.19. The van der Waals surface area contributed by atoms with E-state index >= 15 is 0 Å². The molecule has 144 valence electrons. The maximum Gasteiger partial charge on any atom is 0.271 e. The van der Waals surface area contributed by atoms with Gasteiger partial charge in [-0.3, -0.25) is 9.36 Å². The zero-order valence-electron chi connectivity index (χ0n) is 15.6. The molecular weight excluding hydrogens is 378 g/mol. The number of aryl methyl sites for hydroxylation is 1. The predicted molar refractivity (Wildman–Crippen MR) is 105 cm³/mol. The van der Waals surface area contributed by atoms with Crippen LogP contribution in [0.15, 0.2) is 43.0 Å². The van der Waals surface area contributed by atoms with Crippen molar-refractivity contribution in [2.75, 3.05) is 13.7 Å². The molecule has 7 nitrogen and oxygen atoms in total. The molecule has 0 aliphatic heterocycles. The normalized spacial score (nSPS) is 14.5. The van der Waals surface area contributed by atoms with E-state index in [-0.39, 0.29) is 22.9 Å². The summed E-state index contributed by atoms with van der Waals surface area (Å²) < 4.78 is 7.03. The molecule has 4 rings (SSSR count). The number of amides is 1. The molecule has 1 aliphatic carbocycles. The number of methoxy groups -OCH3 is 1. The van der Waals surface area contributed by atoms with Crippen LogP contribution in [0.1, 0.15) is 34.6 Å². The lowest BCUT2D eigenvalue weighted by molar-refractivity contribution is 0.0943. The third kappa shape index (κ3) is 3.57. The summed E-state index contributed by atoms with van der Waals surface area (Å²) in [7, 11) is 1.50. The van der Waals surface area contributed by atoms with Crippen molar-refractivity contribution in [3.05, 3.63) is 65.0 Å². The van der Waals surface area contributed by atoms with Gasteiger partial charge in [0.25, 0.3) is 11.8 Å². The van der Waals surface area contributed by atoms with E-state index in [4.69, 9.17) is 16.3 Å².